The third-order valence-electron chi connectivity index (χ3n) is 13.2. The van der Waals surface area contributed by atoms with Crippen molar-refractivity contribution in [3.8, 4) is 0 Å². The van der Waals surface area contributed by atoms with Crippen LogP contribution < -0.4 is 5.32 Å². The van der Waals surface area contributed by atoms with Gasteiger partial charge in [-0.2, -0.15) is 0 Å². The summed E-state index contributed by atoms with van der Waals surface area (Å²) in [6, 6.07) is -0.549. The number of unbranched alkanes of at least 4 members (excludes halogenated alkanes) is 41. The van der Waals surface area contributed by atoms with E-state index >= 15 is 0 Å². The van der Waals surface area contributed by atoms with Crippen LogP contribution in [0.25, 0.3) is 0 Å². The number of amides is 1. The second kappa shape index (κ2) is 51.5. The quantitative estimate of drug-likeness (QED) is 0.0418. The highest BCUT2D eigenvalue weighted by Crippen LogP contribution is 2.18. The van der Waals surface area contributed by atoms with E-state index in [1.54, 1.807) is 0 Å². The van der Waals surface area contributed by atoms with E-state index in [9.17, 15) is 19.8 Å². The van der Waals surface area contributed by atoms with Crippen molar-refractivity contribution in [1.82, 2.24) is 5.32 Å². The maximum atomic E-state index is 12.5. The van der Waals surface area contributed by atoms with Crippen molar-refractivity contribution < 1.29 is 24.5 Å². The minimum atomic E-state index is -0.671. The normalized spacial score (nSPS) is 12.5. The lowest BCUT2D eigenvalue weighted by Crippen LogP contribution is -2.45. The SMILES string of the molecule is CCCCCCCCCCCCCCCCCCC(O)C(CO)NC(=O)CCCCCCCCCCCCCCCOC(=O)CCCCCCCCCCCCCCCCC. The van der Waals surface area contributed by atoms with Gasteiger partial charge in [0.2, 0.25) is 5.91 Å². The summed E-state index contributed by atoms with van der Waals surface area (Å²) in [7, 11) is 0. The van der Waals surface area contributed by atoms with Gasteiger partial charge in [-0.1, -0.05) is 277 Å². The Morgan fingerprint density at radius 1 is 0.393 bits per heavy atom. The van der Waals surface area contributed by atoms with Crippen molar-refractivity contribution in [2.75, 3.05) is 13.2 Å². The molecular formula is C55H109NO5. The van der Waals surface area contributed by atoms with Crippen LogP contribution >= 0.6 is 0 Å². The number of carbonyl (C=O) groups is 2. The van der Waals surface area contributed by atoms with Gasteiger partial charge in [0.25, 0.3) is 0 Å². The molecule has 0 fully saturated rings. The average Bonchev–Trinajstić information content (AvgIpc) is 3.26. The topological polar surface area (TPSA) is 95.9 Å². The zero-order valence-corrected chi connectivity index (χ0v) is 41.4. The van der Waals surface area contributed by atoms with E-state index in [4.69, 9.17) is 4.74 Å². The molecule has 2 unspecified atom stereocenters. The Morgan fingerprint density at radius 3 is 1.00 bits per heavy atom. The van der Waals surface area contributed by atoms with Crippen molar-refractivity contribution in [1.29, 1.82) is 0 Å². The van der Waals surface area contributed by atoms with Gasteiger partial charge in [0.05, 0.1) is 25.4 Å². The number of ether oxygens (including phenoxy) is 1. The average molecular weight is 864 g/mol. The summed E-state index contributed by atoms with van der Waals surface area (Å²) in [5.74, 6) is -0.0463. The number of hydrogen-bond acceptors (Lipinski definition) is 5. The summed E-state index contributed by atoms with van der Waals surface area (Å²) in [6.07, 6.45) is 57.9. The van der Waals surface area contributed by atoms with E-state index in [1.165, 1.54) is 231 Å². The summed E-state index contributed by atoms with van der Waals surface area (Å²) < 4.78 is 5.47. The molecule has 61 heavy (non-hydrogen) atoms. The fourth-order valence-corrected chi connectivity index (χ4v) is 8.88. The largest absolute Gasteiger partial charge is 0.466 e. The van der Waals surface area contributed by atoms with E-state index in [-0.39, 0.29) is 18.5 Å². The lowest BCUT2D eigenvalue weighted by atomic mass is 10.0. The van der Waals surface area contributed by atoms with E-state index in [0.29, 0.717) is 25.9 Å². The highest BCUT2D eigenvalue weighted by Gasteiger charge is 2.20. The van der Waals surface area contributed by atoms with Gasteiger partial charge in [0.15, 0.2) is 0 Å². The van der Waals surface area contributed by atoms with Crippen LogP contribution in [0.2, 0.25) is 0 Å². The lowest BCUT2D eigenvalue weighted by molar-refractivity contribution is -0.143. The van der Waals surface area contributed by atoms with Gasteiger partial charge < -0.3 is 20.3 Å². The van der Waals surface area contributed by atoms with Gasteiger partial charge in [-0.3, -0.25) is 9.59 Å². The molecule has 0 aromatic carbocycles. The molecule has 0 aliphatic heterocycles. The fraction of sp³-hybridized carbons (Fsp3) is 0.964. The van der Waals surface area contributed by atoms with Crippen LogP contribution in [0.4, 0.5) is 0 Å². The predicted molar refractivity (Wildman–Crippen MR) is 264 cm³/mol. The Kier molecular flexibility index (Phi) is 50.5. The minimum absolute atomic E-state index is 0.00158. The smallest absolute Gasteiger partial charge is 0.305 e. The maximum absolute atomic E-state index is 12.5. The van der Waals surface area contributed by atoms with Crippen LogP contribution in [0.15, 0.2) is 0 Å². The van der Waals surface area contributed by atoms with Crippen LogP contribution in [0, 0.1) is 0 Å². The van der Waals surface area contributed by atoms with Gasteiger partial charge in [0.1, 0.15) is 0 Å². The number of carbonyl (C=O) groups excluding carboxylic acids is 2. The Morgan fingerprint density at radius 2 is 0.672 bits per heavy atom. The summed E-state index contributed by atoms with van der Waals surface area (Å²) >= 11 is 0. The molecule has 364 valence electrons. The van der Waals surface area contributed by atoms with E-state index in [0.717, 1.165) is 51.4 Å². The Labute approximate surface area is 381 Å². The first-order valence-electron chi connectivity index (χ1n) is 27.8. The molecule has 0 aromatic heterocycles. The summed E-state index contributed by atoms with van der Waals surface area (Å²) in [5, 5.41) is 23.3. The van der Waals surface area contributed by atoms with E-state index in [2.05, 4.69) is 19.2 Å². The Hall–Kier alpha value is -1.14. The second-order valence-electron chi connectivity index (χ2n) is 19.3. The third-order valence-corrected chi connectivity index (χ3v) is 13.2. The van der Waals surface area contributed by atoms with Gasteiger partial charge in [-0.05, 0) is 25.7 Å². The van der Waals surface area contributed by atoms with Crippen LogP contribution in [-0.2, 0) is 14.3 Å². The molecule has 6 nitrogen and oxygen atoms in total. The van der Waals surface area contributed by atoms with Crippen LogP contribution in [0.5, 0.6) is 0 Å². The minimum Gasteiger partial charge on any atom is -0.466 e. The maximum Gasteiger partial charge on any atom is 0.305 e. The van der Waals surface area contributed by atoms with Gasteiger partial charge in [-0.25, -0.2) is 0 Å². The molecular weight excluding hydrogens is 755 g/mol. The molecule has 0 saturated heterocycles. The van der Waals surface area contributed by atoms with Crippen molar-refractivity contribution in [2.24, 2.45) is 0 Å². The molecule has 0 radical (unpaired) electrons. The first-order chi connectivity index (χ1) is 30.0. The molecule has 0 aromatic rings. The van der Waals surface area contributed by atoms with Gasteiger partial charge in [0, 0.05) is 12.8 Å². The van der Waals surface area contributed by atoms with Crippen molar-refractivity contribution in [2.45, 2.75) is 328 Å². The van der Waals surface area contributed by atoms with Crippen LogP contribution in [0.1, 0.15) is 316 Å². The number of aliphatic hydroxyl groups is 2. The van der Waals surface area contributed by atoms with Crippen LogP contribution in [-0.4, -0.2) is 47.4 Å². The Bertz CT molecular complexity index is 867. The molecule has 6 heteroatoms. The third kappa shape index (κ3) is 48.2. The van der Waals surface area contributed by atoms with Crippen molar-refractivity contribution in [3.05, 3.63) is 0 Å². The van der Waals surface area contributed by atoms with Gasteiger partial charge >= 0.3 is 5.97 Å². The molecule has 3 N–H and O–H groups in total. The second-order valence-corrected chi connectivity index (χ2v) is 19.3. The molecule has 0 aliphatic rings. The summed E-state index contributed by atoms with van der Waals surface area (Å²) in [6.45, 7) is 4.95. The summed E-state index contributed by atoms with van der Waals surface area (Å²) in [5.41, 5.74) is 0. The molecule has 0 bridgehead atoms. The first kappa shape index (κ1) is 59.9. The molecule has 0 spiro atoms. The van der Waals surface area contributed by atoms with E-state index in [1.807, 2.05) is 0 Å². The molecule has 0 rings (SSSR count). The highest BCUT2D eigenvalue weighted by atomic mass is 16.5. The fourth-order valence-electron chi connectivity index (χ4n) is 8.88. The highest BCUT2D eigenvalue weighted by molar-refractivity contribution is 5.76. The number of aliphatic hydroxyl groups excluding tert-OH is 2. The molecule has 0 heterocycles. The Balaban J connectivity index is 3.43. The predicted octanol–water partition coefficient (Wildman–Crippen LogP) is 16.7. The number of esters is 1. The van der Waals surface area contributed by atoms with E-state index < -0.39 is 12.1 Å². The molecule has 0 saturated carbocycles. The number of nitrogens with one attached hydrogen (secondary N) is 1. The molecule has 0 aliphatic carbocycles. The monoisotopic (exact) mass is 864 g/mol. The van der Waals surface area contributed by atoms with Crippen LogP contribution in [0.3, 0.4) is 0 Å². The summed E-state index contributed by atoms with van der Waals surface area (Å²) in [4.78, 5) is 24.5. The number of rotatable bonds is 52. The van der Waals surface area contributed by atoms with Crippen molar-refractivity contribution >= 4 is 11.9 Å². The molecule has 2 atom stereocenters. The van der Waals surface area contributed by atoms with Gasteiger partial charge in [-0.15, -0.1) is 0 Å². The zero-order chi connectivity index (χ0) is 44.4. The zero-order valence-electron chi connectivity index (χ0n) is 41.4. The first-order valence-corrected chi connectivity index (χ1v) is 27.8. The standard InChI is InChI=1S/C55H109NO5/c1-3-5-7-9-11-13-15-17-19-21-23-27-31-35-39-43-47-53(58)52(51-57)56-54(59)48-44-40-36-32-28-24-22-26-30-34-38-42-46-50-61-55(60)49-45-41-37-33-29-25-20-18-16-14-12-10-8-6-4-2/h52-53,57-58H,3-51H2,1-2H3,(H,56,59). The number of hydrogen-bond donors (Lipinski definition) is 3. The molecule has 1 amide bonds. The van der Waals surface area contributed by atoms with Crippen molar-refractivity contribution in [3.63, 3.8) is 0 Å². The lowest BCUT2D eigenvalue weighted by Gasteiger charge is -2.22.